The van der Waals surface area contributed by atoms with Crippen molar-refractivity contribution < 1.29 is 33.6 Å². The lowest BCUT2D eigenvalue weighted by atomic mass is 9.89. The highest BCUT2D eigenvalue weighted by Gasteiger charge is 2.63. The Morgan fingerprint density at radius 1 is 1.06 bits per heavy atom. The Labute approximate surface area is 193 Å². The van der Waals surface area contributed by atoms with Crippen molar-refractivity contribution >= 4 is 12.4 Å². The third kappa shape index (κ3) is 5.25. The van der Waals surface area contributed by atoms with Crippen molar-refractivity contribution in [2.75, 3.05) is 6.54 Å². The molecule has 2 heterocycles. The summed E-state index contributed by atoms with van der Waals surface area (Å²) in [7, 11) is 0. The summed E-state index contributed by atoms with van der Waals surface area (Å²) in [5.74, 6) is -0.949. The van der Waals surface area contributed by atoms with Crippen molar-refractivity contribution in [1.82, 2.24) is 4.90 Å². The van der Waals surface area contributed by atoms with E-state index in [2.05, 4.69) is 0 Å². The molecule has 0 radical (unpaired) electrons. The molecule has 2 aromatic carbocycles. The van der Waals surface area contributed by atoms with Gasteiger partial charge in [0.05, 0.1) is 0 Å². The van der Waals surface area contributed by atoms with Crippen LogP contribution >= 0.6 is 0 Å². The van der Waals surface area contributed by atoms with E-state index in [1.165, 1.54) is 4.90 Å². The van der Waals surface area contributed by atoms with Crippen LogP contribution in [-0.2, 0) is 36.9 Å². The first-order valence-corrected chi connectivity index (χ1v) is 11.0. The first-order valence-electron chi connectivity index (χ1n) is 11.0. The van der Waals surface area contributed by atoms with Crippen molar-refractivity contribution in [2.45, 2.75) is 63.3 Å². The zero-order valence-corrected chi connectivity index (χ0v) is 18.8. The van der Waals surface area contributed by atoms with Gasteiger partial charge in [0.15, 0.2) is 18.4 Å². The van der Waals surface area contributed by atoms with Gasteiger partial charge < -0.3 is 33.7 Å². The third-order valence-corrected chi connectivity index (χ3v) is 5.91. The van der Waals surface area contributed by atoms with Gasteiger partial charge in [-0.3, -0.25) is 0 Å². The van der Waals surface area contributed by atoms with Gasteiger partial charge in [0.1, 0.15) is 24.4 Å². The molecule has 1 N–H and O–H groups in total. The van der Waals surface area contributed by atoms with E-state index in [0.29, 0.717) is 6.29 Å². The number of aldehydes is 1. The zero-order chi connectivity index (χ0) is 23.5. The maximum Gasteiger partial charge on any atom is 0.410 e. The third-order valence-electron chi connectivity index (χ3n) is 5.91. The van der Waals surface area contributed by atoms with Crippen LogP contribution in [0.5, 0.6) is 0 Å². The summed E-state index contributed by atoms with van der Waals surface area (Å²) in [5, 5.41) is 11.4. The van der Waals surface area contributed by atoms with Crippen LogP contribution in [0.25, 0.3) is 0 Å². The standard InChI is InChI=1S/C25H29NO7/c1-24(2)32-21-22(33-24)31-20(16-27)25(21,29)13-14-26(15-18-9-5-3-6-10-18)23(28)30-17-19-11-7-4-8-12-19/h3-12,16,20-22,29H,13-15,17H2,1-2H3/t20-,21+,22-,25-/m1/s1. The Balaban J connectivity index is 1.48. The lowest BCUT2D eigenvalue weighted by molar-refractivity contribution is -0.226. The number of nitrogens with zero attached hydrogens (tertiary/aromatic N) is 1. The van der Waals surface area contributed by atoms with Gasteiger partial charge in [-0.05, 0) is 31.4 Å². The largest absolute Gasteiger partial charge is 0.445 e. The summed E-state index contributed by atoms with van der Waals surface area (Å²) >= 11 is 0. The Morgan fingerprint density at radius 2 is 1.70 bits per heavy atom. The molecule has 0 saturated carbocycles. The van der Waals surface area contributed by atoms with Crippen LogP contribution in [0.15, 0.2) is 60.7 Å². The van der Waals surface area contributed by atoms with E-state index in [1.54, 1.807) is 13.8 Å². The number of benzene rings is 2. The number of aliphatic hydroxyl groups is 1. The van der Waals surface area contributed by atoms with E-state index >= 15 is 0 Å². The molecule has 2 aliphatic rings. The van der Waals surface area contributed by atoms with E-state index < -0.39 is 36.0 Å². The lowest BCUT2D eigenvalue weighted by Crippen LogP contribution is -2.51. The second-order valence-electron chi connectivity index (χ2n) is 8.81. The molecule has 0 spiro atoms. The smallest absolute Gasteiger partial charge is 0.410 e. The maximum absolute atomic E-state index is 13.0. The summed E-state index contributed by atoms with van der Waals surface area (Å²) in [5.41, 5.74) is 0.139. The van der Waals surface area contributed by atoms with Crippen molar-refractivity contribution in [3.63, 3.8) is 0 Å². The number of hydrogen-bond donors (Lipinski definition) is 1. The van der Waals surface area contributed by atoms with Gasteiger partial charge in [0.25, 0.3) is 0 Å². The molecule has 0 aliphatic carbocycles. The quantitative estimate of drug-likeness (QED) is 0.612. The Bertz CT molecular complexity index is 952. The van der Waals surface area contributed by atoms with Crippen LogP contribution < -0.4 is 0 Å². The van der Waals surface area contributed by atoms with Crippen LogP contribution in [-0.4, -0.2) is 58.8 Å². The number of carbonyl (C=O) groups excluding carboxylic acids is 2. The van der Waals surface area contributed by atoms with Crippen LogP contribution in [0.4, 0.5) is 4.79 Å². The number of hydrogen-bond acceptors (Lipinski definition) is 7. The van der Waals surface area contributed by atoms with E-state index in [9.17, 15) is 14.7 Å². The normalized spacial score (nSPS) is 27.7. The lowest BCUT2D eigenvalue weighted by Gasteiger charge is -2.33. The van der Waals surface area contributed by atoms with Crippen LogP contribution in [0.1, 0.15) is 31.4 Å². The summed E-state index contributed by atoms with van der Waals surface area (Å²) in [6.45, 7) is 3.97. The summed E-state index contributed by atoms with van der Waals surface area (Å²) in [4.78, 5) is 26.1. The Morgan fingerprint density at radius 3 is 2.33 bits per heavy atom. The molecule has 0 aromatic heterocycles. The molecule has 8 heteroatoms. The topological polar surface area (TPSA) is 94.5 Å². The second-order valence-corrected chi connectivity index (χ2v) is 8.81. The number of ether oxygens (including phenoxy) is 4. The molecule has 2 aliphatic heterocycles. The average molecular weight is 456 g/mol. The molecular formula is C25H29NO7. The number of carbonyl (C=O) groups is 2. The van der Waals surface area contributed by atoms with Gasteiger partial charge >= 0.3 is 6.09 Å². The first kappa shape index (κ1) is 23.4. The number of rotatable bonds is 8. The van der Waals surface area contributed by atoms with Crippen molar-refractivity contribution in [3.05, 3.63) is 71.8 Å². The number of fused-ring (bicyclic) bond motifs is 1. The monoisotopic (exact) mass is 455 g/mol. The van der Waals surface area contributed by atoms with Gasteiger partial charge in [-0.25, -0.2) is 4.79 Å². The fraction of sp³-hybridized carbons (Fsp3) is 0.440. The van der Waals surface area contributed by atoms with Gasteiger partial charge in [0.2, 0.25) is 0 Å². The second kappa shape index (κ2) is 9.61. The SMILES string of the molecule is CC1(C)O[C@H]2O[C@H](C=O)[C@](O)(CCN(Cc3ccccc3)C(=O)OCc3ccccc3)[C@H]2O1. The Hall–Kier alpha value is -2.78. The fourth-order valence-electron chi connectivity index (χ4n) is 4.19. The molecule has 2 fully saturated rings. The van der Waals surface area contributed by atoms with E-state index in [1.807, 2.05) is 60.7 Å². The molecule has 33 heavy (non-hydrogen) atoms. The predicted molar refractivity (Wildman–Crippen MR) is 118 cm³/mol. The van der Waals surface area contributed by atoms with Crippen molar-refractivity contribution in [2.24, 2.45) is 0 Å². The fourth-order valence-corrected chi connectivity index (χ4v) is 4.19. The first-order chi connectivity index (χ1) is 15.8. The Kier molecular flexibility index (Phi) is 6.81. The van der Waals surface area contributed by atoms with Gasteiger partial charge in [0, 0.05) is 13.1 Å². The van der Waals surface area contributed by atoms with Crippen molar-refractivity contribution in [1.29, 1.82) is 0 Å². The molecule has 2 aromatic rings. The summed E-state index contributed by atoms with van der Waals surface area (Å²) in [6.07, 6.45) is -2.75. The number of amides is 1. The van der Waals surface area contributed by atoms with Gasteiger partial charge in [-0.1, -0.05) is 60.7 Å². The maximum atomic E-state index is 13.0. The molecular weight excluding hydrogens is 426 g/mol. The van der Waals surface area contributed by atoms with Gasteiger partial charge in [-0.2, -0.15) is 0 Å². The van der Waals surface area contributed by atoms with Crippen molar-refractivity contribution in [3.8, 4) is 0 Å². The van der Waals surface area contributed by atoms with Crippen LogP contribution in [0, 0.1) is 0 Å². The molecule has 4 atom stereocenters. The zero-order valence-electron chi connectivity index (χ0n) is 18.8. The molecule has 1 amide bonds. The highest BCUT2D eigenvalue weighted by atomic mass is 16.8. The molecule has 8 nitrogen and oxygen atoms in total. The molecule has 4 rings (SSSR count). The van der Waals surface area contributed by atoms with Crippen LogP contribution in [0.2, 0.25) is 0 Å². The average Bonchev–Trinajstić information content (AvgIpc) is 3.26. The van der Waals surface area contributed by atoms with Crippen LogP contribution in [0.3, 0.4) is 0 Å². The summed E-state index contributed by atoms with van der Waals surface area (Å²) < 4.78 is 22.6. The minimum atomic E-state index is -1.64. The molecule has 0 bridgehead atoms. The molecule has 0 unspecified atom stereocenters. The minimum Gasteiger partial charge on any atom is -0.445 e. The van der Waals surface area contributed by atoms with E-state index in [0.717, 1.165) is 11.1 Å². The van der Waals surface area contributed by atoms with Gasteiger partial charge in [-0.15, -0.1) is 0 Å². The molecule has 2 saturated heterocycles. The van der Waals surface area contributed by atoms with E-state index in [4.69, 9.17) is 18.9 Å². The highest BCUT2D eigenvalue weighted by molar-refractivity contribution is 5.67. The van der Waals surface area contributed by atoms with E-state index in [-0.39, 0.29) is 26.1 Å². The molecule has 176 valence electrons. The minimum absolute atomic E-state index is 0.0459. The predicted octanol–water partition coefficient (Wildman–Crippen LogP) is 3.02. The highest BCUT2D eigenvalue weighted by Crippen LogP contribution is 2.44. The summed E-state index contributed by atoms with van der Waals surface area (Å²) in [6, 6.07) is 18.9.